The fourth-order valence-electron chi connectivity index (χ4n) is 2.07. The summed E-state index contributed by atoms with van der Waals surface area (Å²) in [5.41, 5.74) is 5.36. The number of carboxylic acids is 1. The summed E-state index contributed by atoms with van der Waals surface area (Å²) in [6.45, 7) is 1.48. The smallest absolute Gasteiger partial charge is 0.320 e. The minimum Gasteiger partial charge on any atom is -0.480 e. The molecule has 1 aliphatic rings. The second-order valence-corrected chi connectivity index (χ2v) is 4.79. The summed E-state index contributed by atoms with van der Waals surface area (Å²) >= 11 is 0. The third-order valence-corrected chi connectivity index (χ3v) is 3.18. The molecule has 0 bridgehead atoms. The van der Waals surface area contributed by atoms with Crippen LogP contribution in [0.1, 0.15) is 38.5 Å². The molecule has 0 aliphatic carbocycles. The zero-order valence-electron chi connectivity index (χ0n) is 10.7. The van der Waals surface area contributed by atoms with E-state index in [1.165, 1.54) is 12.8 Å². The normalized spacial score (nSPS) is 21.3. The lowest BCUT2D eigenvalue weighted by molar-refractivity contribution is -0.138. The number of nitrogens with one attached hydrogen (secondary N) is 2. The lowest BCUT2D eigenvalue weighted by Gasteiger charge is -2.22. The van der Waals surface area contributed by atoms with Gasteiger partial charge in [0.1, 0.15) is 6.04 Å². The Morgan fingerprint density at radius 3 is 2.83 bits per heavy atom. The van der Waals surface area contributed by atoms with E-state index in [1.807, 2.05) is 0 Å². The third kappa shape index (κ3) is 5.97. The van der Waals surface area contributed by atoms with Crippen LogP contribution in [0.3, 0.4) is 0 Å². The van der Waals surface area contributed by atoms with E-state index < -0.39 is 12.0 Å². The Kier molecular flexibility index (Phi) is 6.67. The van der Waals surface area contributed by atoms with Crippen LogP contribution in [-0.4, -0.2) is 42.2 Å². The summed E-state index contributed by atoms with van der Waals surface area (Å²) in [6, 6.07) is -0.540. The van der Waals surface area contributed by atoms with Gasteiger partial charge in [-0.2, -0.15) is 0 Å². The largest absolute Gasteiger partial charge is 0.480 e. The standard InChI is InChI=1S/C12H23N3O3/c13-10(12(17)18)5-3-7-15-11(16)8-9-4-1-2-6-14-9/h9-10,14H,1-8,13H2,(H,15,16)(H,17,18). The number of hydrogen-bond acceptors (Lipinski definition) is 4. The maximum absolute atomic E-state index is 11.6. The first kappa shape index (κ1) is 14.9. The predicted octanol–water partition coefficient (Wildman–Crippen LogP) is -0.173. The SMILES string of the molecule is NC(CCCNC(=O)CC1CCCCN1)C(=O)O. The van der Waals surface area contributed by atoms with E-state index in [2.05, 4.69) is 10.6 Å². The van der Waals surface area contributed by atoms with Crippen LogP contribution in [0.5, 0.6) is 0 Å². The Balaban J connectivity index is 2.04. The van der Waals surface area contributed by atoms with Gasteiger partial charge in [0.25, 0.3) is 0 Å². The third-order valence-electron chi connectivity index (χ3n) is 3.18. The first-order chi connectivity index (χ1) is 8.59. The molecule has 1 heterocycles. The molecule has 2 atom stereocenters. The number of piperidine rings is 1. The van der Waals surface area contributed by atoms with Crippen molar-refractivity contribution < 1.29 is 14.7 Å². The lowest BCUT2D eigenvalue weighted by Crippen LogP contribution is -2.39. The molecule has 0 saturated carbocycles. The van der Waals surface area contributed by atoms with Crippen molar-refractivity contribution in [2.75, 3.05) is 13.1 Å². The fraction of sp³-hybridized carbons (Fsp3) is 0.833. The lowest BCUT2D eigenvalue weighted by atomic mass is 10.0. The highest BCUT2D eigenvalue weighted by Gasteiger charge is 2.16. The van der Waals surface area contributed by atoms with Gasteiger partial charge >= 0.3 is 5.97 Å². The molecule has 1 aliphatic heterocycles. The van der Waals surface area contributed by atoms with Gasteiger partial charge in [0, 0.05) is 19.0 Å². The van der Waals surface area contributed by atoms with E-state index in [0.29, 0.717) is 31.8 Å². The van der Waals surface area contributed by atoms with Crippen LogP contribution >= 0.6 is 0 Å². The van der Waals surface area contributed by atoms with E-state index in [9.17, 15) is 9.59 Å². The van der Waals surface area contributed by atoms with Crippen LogP contribution in [0.15, 0.2) is 0 Å². The van der Waals surface area contributed by atoms with Crippen LogP contribution in [-0.2, 0) is 9.59 Å². The van der Waals surface area contributed by atoms with Gasteiger partial charge in [0.2, 0.25) is 5.91 Å². The van der Waals surface area contributed by atoms with Crippen LogP contribution in [0.2, 0.25) is 0 Å². The summed E-state index contributed by atoms with van der Waals surface area (Å²) in [7, 11) is 0. The molecule has 104 valence electrons. The molecular formula is C12H23N3O3. The molecule has 1 amide bonds. The summed E-state index contributed by atoms with van der Waals surface area (Å²) in [5.74, 6) is -0.967. The molecule has 6 heteroatoms. The van der Waals surface area contributed by atoms with Gasteiger partial charge < -0.3 is 21.5 Å². The number of hydrogen-bond donors (Lipinski definition) is 4. The molecule has 1 saturated heterocycles. The molecule has 2 unspecified atom stereocenters. The van der Waals surface area contributed by atoms with Crippen molar-refractivity contribution in [1.82, 2.24) is 10.6 Å². The molecule has 0 spiro atoms. The number of rotatable bonds is 7. The molecule has 0 aromatic heterocycles. The van der Waals surface area contributed by atoms with Crippen molar-refractivity contribution in [3.8, 4) is 0 Å². The van der Waals surface area contributed by atoms with Crippen molar-refractivity contribution in [1.29, 1.82) is 0 Å². The fourth-order valence-corrected chi connectivity index (χ4v) is 2.07. The number of aliphatic carboxylic acids is 1. The van der Waals surface area contributed by atoms with Gasteiger partial charge in [-0.05, 0) is 32.2 Å². The highest BCUT2D eigenvalue weighted by molar-refractivity contribution is 5.76. The number of carbonyl (C=O) groups excluding carboxylic acids is 1. The summed E-state index contributed by atoms with van der Waals surface area (Å²) in [4.78, 5) is 22.1. The molecule has 1 rings (SSSR count). The average Bonchev–Trinajstić information content (AvgIpc) is 2.35. The van der Waals surface area contributed by atoms with Crippen LogP contribution in [0.25, 0.3) is 0 Å². The summed E-state index contributed by atoms with van der Waals surface area (Å²) < 4.78 is 0. The molecule has 6 nitrogen and oxygen atoms in total. The molecule has 18 heavy (non-hydrogen) atoms. The Morgan fingerprint density at radius 1 is 1.44 bits per heavy atom. The molecule has 1 fully saturated rings. The number of carbonyl (C=O) groups is 2. The van der Waals surface area contributed by atoms with Crippen molar-refractivity contribution in [2.24, 2.45) is 5.73 Å². The Labute approximate surface area is 107 Å². The Bertz CT molecular complexity index is 278. The van der Waals surface area contributed by atoms with Gasteiger partial charge in [0.05, 0.1) is 0 Å². The Hall–Kier alpha value is -1.14. The number of amides is 1. The van der Waals surface area contributed by atoms with Crippen molar-refractivity contribution >= 4 is 11.9 Å². The second kappa shape index (κ2) is 8.05. The predicted molar refractivity (Wildman–Crippen MR) is 68.1 cm³/mol. The number of carboxylic acid groups (broad SMARTS) is 1. The highest BCUT2D eigenvalue weighted by atomic mass is 16.4. The van der Waals surface area contributed by atoms with E-state index in [-0.39, 0.29) is 5.91 Å². The van der Waals surface area contributed by atoms with Gasteiger partial charge in [-0.25, -0.2) is 0 Å². The first-order valence-electron chi connectivity index (χ1n) is 6.58. The second-order valence-electron chi connectivity index (χ2n) is 4.79. The van der Waals surface area contributed by atoms with Crippen LogP contribution in [0, 0.1) is 0 Å². The summed E-state index contributed by atoms with van der Waals surface area (Å²) in [6.07, 6.45) is 4.90. The minimum atomic E-state index is -0.993. The average molecular weight is 257 g/mol. The molecule has 0 radical (unpaired) electrons. The summed E-state index contributed by atoms with van der Waals surface area (Å²) in [5, 5.41) is 14.7. The van der Waals surface area contributed by atoms with Crippen molar-refractivity contribution in [3.05, 3.63) is 0 Å². The zero-order chi connectivity index (χ0) is 13.4. The van der Waals surface area contributed by atoms with Gasteiger partial charge in [-0.1, -0.05) is 6.42 Å². The van der Waals surface area contributed by atoms with E-state index >= 15 is 0 Å². The van der Waals surface area contributed by atoms with Crippen LogP contribution in [0.4, 0.5) is 0 Å². The maximum Gasteiger partial charge on any atom is 0.320 e. The Morgan fingerprint density at radius 2 is 2.22 bits per heavy atom. The quantitative estimate of drug-likeness (QED) is 0.474. The van der Waals surface area contributed by atoms with Crippen molar-refractivity contribution in [2.45, 2.75) is 50.6 Å². The van der Waals surface area contributed by atoms with E-state index in [0.717, 1.165) is 13.0 Å². The number of nitrogens with two attached hydrogens (primary N) is 1. The minimum absolute atomic E-state index is 0.0262. The molecule has 0 aromatic carbocycles. The van der Waals surface area contributed by atoms with Crippen LogP contribution < -0.4 is 16.4 Å². The van der Waals surface area contributed by atoms with Gasteiger partial charge in [0.15, 0.2) is 0 Å². The van der Waals surface area contributed by atoms with E-state index in [4.69, 9.17) is 10.8 Å². The maximum atomic E-state index is 11.6. The van der Waals surface area contributed by atoms with Gasteiger partial charge in [-0.15, -0.1) is 0 Å². The molecule has 0 aromatic rings. The highest BCUT2D eigenvalue weighted by Crippen LogP contribution is 2.09. The topological polar surface area (TPSA) is 104 Å². The zero-order valence-corrected chi connectivity index (χ0v) is 10.7. The molecular weight excluding hydrogens is 234 g/mol. The molecule has 5 N–H and O–H groups in total. The van der Waals surface area contributed by atoms with E-state index in [1.54, 1.807) is 0 Å². The van der Waals surface area contributed by atoms with Crippen molar-refractivity contribution in [3.63, 3.8) is 0 Å². The van der Waals surface area contributed by atoms with Gasteiger partial charge in [-0.3, -0.25) is 9.59 Å². The first-order valence-corrected chi connectivity index (χ1v) is 6.58. The monoisotopic (exact) mass is 257 g/mol.